The number of benzene rings is 1. The molecule has 1 aromatic carbocycles. The number of hydrogen-bond donors (Lipinski definition) is 1. The van der Waals surface area contributed by atoms with Gasteiger partial charge in [0.05, 0.1) is 6.04 Å². The number of amidine groups is 1. The van der Waals surface area contributed by atoms with Gasteiger partial charge in [-0.3, -0.25) is 9.69 Å². The fourth-order valence-electron chi connectivity index (χ4n) is 3.30. The van der Waals surface area contributed by atoms with Crippen molar-refractivity contribution in [3.63, 3.8) is 0 Å². The summed E-state index contributed by atoms with van der Waals surface area (Å²) >= 11 is 0. The van der Waals surface area contributed by atoms with E-state index < -0.39 is 0 Å². The van der Waals surface area contributed by atoms with Gasteiger partial charge in [0.2, 0.25) is 0 Å². The van der Waals surface area contributed by atoms with Gasteiger partial charge in [-0.2, -0.15) is 0 Å². The Kier molecular flexibility index (Phi) is 5.74. The number of carbonyl (C=O) groups is 1. The summed E-state index contributed by atoms with van der Waals surface area (Å²) in [4.78, 5) is 19.0. The predicted octanol–water partition coefficient (Wildman–Crippen LogP) is 4.03. The highest BCUT2D eigenvalue weighted by molar-refractivity contribution is 6.11. The highest BCUT2D eigenvalue weighted by Crippen LogP contribution is 2.25. The average molecular weight is 341 g/mol. The van der Waals surface area contributed by atoms with Gasteiger partial charge in [0.15, 0.2) is 5.76 Å². The van der Waals surface area contributed by atoms with E-state index in [1.807, 2.05) is 31.2 Å². The maximum atomic E-state index is 12.6. The van der Waals surface area contributed by atoms with Crippen LogP contribution in [0.2, 0.25) is 0 Å². The minimum Gasteiger partial charge on any atom is -0.420 e. The van der Waals surface area contributed by atoms with E-state index in [1.165, 1.54) is 19.3 Å². The molecular formula is C20H27N3O2. The van der Waals surface area contributed by atoms with E-state index >= 15 is 0 Å². The maximum absolute atomic E-state index is 12.6. The Morgan fingerprint density at radius 3 is 2.56 bits per heavy atom. The van der Waals surface area contributed by atoms with Crippen molar-refractivity contribution in [2.24, 2.45) is 4.99 Å². The van der Waals surface area contributed by atoms with Crippen molar-refractivity contribution in [2.45, 2.75) is 52.0 Å². The first-order valence-corrected chi connectivity index (χ1v) is 9.34. The molecule has 3 rings (SSSR count). The van der Waals surface area contributed by atoms with Crippen LogP contribution in [0.25, 0.3) is 6.08 Å². The number of carbonyl (C=O) groups excluding carboxylic acids is 1. The molecule has 0 aromatic heterocycles. The third kappa shape index (κ3) is 4.21. The SMILES string of the molecule is CCNc1ccc(/C=C2/O/C(=N/C3CCCCC3)N(CC)C2=O)cc1. The van der Waals surface area contributed by atoms with Gasteiger partial charge < -0.3 is 10.1 Å². The summed E-state index contributed by atoms with van der Waals surface area (Å²) in [5.41, 5.74) is 2.01. The Balaban J connectivity index is 1.77. The van der Waals surface area contributed by atoms with Crippen LogP contribution in [0.3, 0.4) is 0 Å². The van der Waals surface area contributed by atoms with Crippen molar-refractivity contribution < 1.29 is 9.53 Å². The van der Waals surface area contributed by atoms with Crippen molar-refractivity contribution >= 4 is 23.7 Å². The lowest BCUT2D eigenvalue weighted by atomic mass is 9.96. The zero-order valence-corrected chi connectivity index (χ0v) is 15.1. The minimum absolute atomic E-state index is 0.104. The molecule has 0 unspecified atom stereocenters. The van der Waals surface area contributed by atoms with Crippen LogP contribution in [-0.2, 0) is 9.53 Å². The number of aliphatic imine (C=N–C) groups is 1. The number of nitrogens with zero attached hydrogens (tertiary/aromatic N) is 2. The molecule has 1 aliphatic carbocycles. The summed E-state index contributed by atoms with van der Waals surface area (Å²) in [6.45, 7) is 5.47. The fraction of sp³-hybridized carbons (Fsp3) is 0.500. The molecule has 1 heterocycles. The zero-order chi connectivity index (χ0) is 17.6. The van der Waals surface area contributed by atoms with Crippen LogP contribution in [0.5, 0.6) is 0 Å². The van der Waals surface area contributed by atoms with Gasteiger partial charge in [-0.05, 0) is 50.5 Å². The summed E-state index contributed by atoms with van der Waals surface area (Å²) in [6.07, 6.45) is 7.68. The van der Waals surface area contributed by atoms with Crippen LogP contribution in [0.4, 0.5) is 5.69 Å². The van der Waals surface area contributed by atoms with Crippen LogP contribution >= 0.6 is 0 Å². The van der Waals surface area contributed by atoms with Gasteiger partial charge in [-0.25, -0.2) is 4.99 Å². The van der Waals surface area contributed by atoms with E-state index in [4.69, 9.17) is 9.73 Å². The van der Waals surface area contributed by atoms with Crippen LogP contribution in [-0.4, -0.2) is 36.0 Å². The van der Waals surface area contributed by atoms with Gasteiger partial charge in [0.25, 0.3) is 5.91 Å². The van der Waals surface area contributed by atoms with E-state index in [1.54, 1.807) is 11.0 Å². The molecule has 5 heteroatoms. The Morgan fingerprint density at radius 2 is 1.92 bits per heavy atom. The lowest BCUT2D eigenvalue weighted by molar-refractivity contribution is -0.122. The molecule has 0 atom stereocenters. The molecule has 1 aliphatic heterocycles. The van der Waals surface area contributed by atoms with Crippen molar-refractivity contribution in [2.75, 3.05) is 18.4 Å². The van der Waals surface area contributed by atoms with Gasteiger partial charge in [0.1, 0.15) is 0 Å². The summed E-state index contributed by atoms with van der Waals surface area (Å²) < 4.78 is 5.83. The normalized spacial score (nSPS) is 21.8. The van der Waals surface area contributed by atoms with Gasteiger partial charge in [-0.1, -0.05) is 31.4 Å². The molecule has 134 valence electrons. The largest absolute Gasteiger partial charge is 0.420 e. The molecule has 1 saturated carbocycles. The third-order valence-electron chi connectivity index (χ3n) is 4.66. The van der Waals surface area contributed by atoms with E-state index in [-0.39, 0.29) is 11.9 Å². The molecule has 0 spiro atoms. The molecular weight excluding hydrogens is 314 g/mol. The standard InChI is InChI=1S/C20H27N3O2/c1-3-21-16-12-10-15(11-13-16)14-18-19(24)23(4-2)20(25-18)22-17-8-6-5-7-9-17/h10-14,17,21H,3-9H2,1-2H3/b18-14+,22-20+. The number of anilines is 1. The molecule has 1 aromatic rings. The lowest BCUT2D eigenvalue weighted by Gasteiger charge is -2.19. The zero-order valence-electron chi connectivity index (χ0n) is 15.1. The Morgan fingerprint density at radius 1 is 1.20 bits per heavy atom. The summed E-state index contributed by atoms with van der Waals surface area (Å²) in [7, 11) is 0. The van der Waals surface area contributed by atoms with Crippen LogP contribution in [0, 0.1) is 0 Å². The molecule has 1 saturated heterocycles. The molecule has 5 nitrogen and oxygen atoms in total. The molecule has 0 bridgehead atoms. The highest BCUT2D eigenvalue weighted by atomic mass is 16.5. The second kappa shape index (κ2) is 8.19. The summed E-state index contributed by atoms with van der Waals surface area (Å²) in [6, 6.07) is 8.72. The first kappa shape index (κ1) is 17.5. The Labute approximate surface area is 149 Å². The summed E-state index contributed by atoms with van der Waals surface area (Å²) in [5.74, 6) is 0.250. The fourth-order valence-corrected chi connectivity index (χ4v) is 3.30. The molecule has 1 amide bonds. The number of amides is 1. The molecule has 25 heavy (non-hydrogen) atoms. The monoisotopic (exact) mass is 341 g/mol. The molecule has 2 aliphatic rings. The number of ether oxygens (including phenoxy) is 1. The third-order valence-corrected chi connectivity index (χ3v) is 4.66. The second-order valence-electron chi connectivity index (χ2n) is 6.52. The van der Waals surface area contributed by atoms with E-state index in [2.05, 4.69) is 12.2 Å². The first-order valence-electron chi connectivity index (χ1n) is 9.34. The average Bonchev–Trinajstić information content (AvgIpc) is 2.92. The Hall–Kier alpha value is -2.30. The van der Waals surface area contributed by atoms with Crippen LogP contribution in [0.1, 0.15) is 51.5 Å². The van der Waals surface area contributed by atoms with Crippen LogP contribution in [0.15, 0.2) is 35.0 Å². The second-order valence-corrected chi connectivity index (χ2v) is 6.52. The molecule has 0 radical (unpaired) electrons. The lowest BCUT2D eigenvalue weighted by Crippen LogP contribution is -2.30. The van der Waals surface area contributed by atoms with Gasteiger partial charge >= 0.3 is 6.02 Å². The van der Waals surface area contributed by atoms with E-state index in [0.29, 0.717) is 18.3 Å². The quantitative estimate of drug-likeness (QED) is 0.823. The molecule has 1 N–H and O–H groups in total. The van der Waals surface area contributed by atoms with Crippen molar-refractivity contribution in [1.82, 2.24) is 4.90 Å². The van der Waals surface area contributed by atoms with E-state index in [9.17, 15) is 4.79 Å². The topological polar surface area (TPSA) is 53.9 Å². The Bertz CT molecular complexity index is 658. The smallest absolute Gasteiger partial charge is 0.300 e. The number of hydrogen-bond acceptors (Lipinski definition) is 4. The van der Waals surface area contributed by atoms with E-state index in [0.717, 1.165) is 30.6 Å². The molecule has 2 fully saturated rings. The number of nitrogens with one attached hydrogen (secondary N) is 1. The maximum Gasteiger partial charge on any atom is 0.300 e. The van der Waals surface area contributed by atoms with Gasteiger partial charge in [0, 0.05) is 18.8 Å². The number of rotatable bonds is 5. The van der Waals surface area contributed by atoms with Gasteiger partial charge in [-0.15, -0.1) is 0 Å². The number of likely N-dealkylation sites (N-methyl/N-ethyl adjacent to an activating group) is 1. The van der Waals surface area contributed by atoms with Crippen LogP contribution < -0.4 is 5.32 Å². The highest BCUT2D eigenvalue weighted by Gasteiger charge is 2.34. The van der Waals surface area contributed by atoms with Crippen molar-refractivity contribution in [3.8, 4) is 0 Å². The minimum atomic E-state index is -0.104. The van der Waals surface area contributed by atoms with Crippen molar-refractivity contribution in [3.05, 3.63) is 35.6 Å². The predicted molar refractivity (Wildman–Crippen MR) is 101 cm³/mol. The first-order chi connectivity index (χ1) is 12.2. The summed E-state index contributed by atoms with van der Waals surface area (Å²) in [5, 5.41) is 3.26. The van der Waals surface area contributed by atoms with Crippen molar-refractivity contribution in [1.29, 1.82) is 0 Å².